The molecular formula is C21H13N3O7S. The number of nitrogens with zero attached hydrogens (tertiary/aromatic N) is 3. The van der Waals surface area contributed by atoms with Crippen LogP contribution in [0.25, 0.3) is 16.8 Å². The molecule has 1 saturated heterocycles. The Bertz CT molecular complexity index is 1350. The molecule has 0 aromatic heterocycles. The number of carbonyl (C=O) groups excluding carboxylic acids is 2. The van der Waals surface area contributed by atoms with E-state index < -0.39 is 38.1 Å². The molecule has 160 valence electrons. The zero-order valence-electron chi connectivity index (χ0n) is 16.1. The molecule has 4 rings (SSSR count). The van der Waals surface area contributed by atoms with E-state index in [0.717, 1.165) is 33.4 Å². The first-order valence-electron chi connectivity index (χ1n) is 9.13. The highest BCUT2D eigenvalue weighted by Crippen LogP contribution is 2.39. The Labute approximate surface area is 184 Å². The summed E-state index contributed by atoms with van der Waals surface area (Å²) in [6.07, 6.45) is 1.04. The van der Waals surface area contributed by atoms with E-state index in [9.17, 15) is 34.9 Å². The number of rotatable bonds is 5. The number of nitro groups is 2. The minimum absolute atomic E-state index is 0.00785. The molecule has 2 amide bonds. The van der Waals surface area contributed by atoms with Gasteiger partial charge in [-0.05, 0) is 40.2 Å². The zero-order valence-corrected chi connectivity index (χ0v) is 16.9. The summed E-state index contributed by atoms with van der Waals surface area (Å²) >= 11 is 0.584. The number of fused-ring (bicyclic) bond motifs is 1. The lowest BCUT2D eigenvalue weighted by Crippen LogP contribution is -2.27. The Morgan fingerprint density at radius 1 is 0.969 bits per heavy atom. The number of non-ortho nitro benzene ring substituents is 1. The van der Waals surface area contributed by atoms with Crippen LogP contribution in [0.4, 0.5) is 16.2 Å². The molecule has 10 nitrogen and oxygen atoms in total. The second-order valence-corrected chi connectivity index (χ2v) is 7.86. The quantitative estimate of drug-likeness (QED) is 0.337. The van der Waals surface area contributed by atoms with E-state index in [1.165, 1.54) is 0 Å². The summed E-state index contributed by atoms with van der Waals surface area (Å²) in [6.45, 7) is 0.00785. The van der Waals surface area contributed by atoms with Gasteiger partial charge in [0, 0.05) is 11.6 Å². The Hall–Kier alpha value is -4.25. The van der Waals surface area contributed by atoms with Crippen molar-refractivity contribution in [3.63, 3.8) is 0 Å². The standard InChI is InChI=1S/C21H13N3O7S/c25-19-15(8-16(23(28)29)10-17(19)24(30)31)9-18-20(26)22(21(27)32-18)11-12-5-6-13-3-1-2-4-14(13)7-12/h1-10,25H,11H2/b18-9-. The summed E-state index contributed by atoms with van der Waals surface area (Å²) in [7, 11) is 0. The van der Waals surface area contributed by atoms with Gasteiger partial charge >= 0.3 is 5.69 Å². The molecular weight excluding hydrogens is 438 g/mol. The number of nitro benzene ring substituents is 2. The van der Waals surface area contributed by atoms with Crippen LogP contribution in [0.5, 0.6) is 5.75 Å². The van der Waals surface area contributed by atoms with Crippen LogP contribution in [0, 0.1) is 20.2 Å². The highest BCUT2D eigenvalue weighted by atomic mass is 32.2. The van der Waals surface area contributed by atoms with E-state index in [1.807, 2.05) is 36.4 Å². The van der Waals surface area contributed by atoms with Crippen molar-refractivity contribution in [1.82, 2.24) is 4.90 Å². The van der Waals surface area contributed by atoms with Gasteiger partial charge in [-0.2, -0.15) is 0 Å². The second-order valence-electron chi connectivity index (χ2n) is 6.87. The predicted octanol–water partition coefficient (Wildman–Crippen LogP) is 4.60. The van der Waals surface area contributed by atoms with Gasteiger partial charge in [-0.25, -0.2) is 0 Å². The van der Waals surface area contributed by atoms with Crippen molar-refractivity contribution >= 4 is 51.1 Å². The number of aromatic hydroxyl groups is 1. The molecule has 3 aromatic rings. The van der Waals surface area contributed by atoms with E-state index in [-0.39, 0.29) is 17.0 Å². The summed E-state index contributed by atoms with van der Waals surface area (Å²) < 4.78 is 0. The fourth-order valence-electron chi connectivity index (χ4n) is 3.28. The minimum atomic E-state index is -0.967. The largest absolute Gasteiger partial charge is 0.502 e. The normalized spacial score (nSPS) is 15.0. The molecule has 3 aromatic carbocycles. The van der Waals surface area contributed by atoms with Crippen molar-refractivity contribution in [2.24, 2.45) is 0 Å². The maximum Gasteiger partial charge on any atom is 0.318 e. The molecule has 0 unspecified atom stereocenters. The van der Waals surface area contributed by atoms with Crippen LogP contribution in [-0.2, 0) is 11.3 Å². The summed E-state index contributed by atoms with van der Waals surface area (Å²) in [4.78, 5) is 46.5. The van der Waals surface area contributed by atoms with Crippen molar-refractivity contribution in [2.75, 3.05) is 0 Å². The molecule has 0 radical (unpaired) electrons. The SMILES string of the molecule is O=C1S/C(=C\c2cc([N+](=O)[O-])cc([N+](=O)[O-])c2O)C(=O)N1Cc1ccc2ccccc2c1. The molecule has 0 bridgehead atoms. The topological polar surface area (TPSA) is 144 Å². The van der Waals surface area contributed by atoms with Gasteiger partial charge in [0.25, 0.3) is 16.8 Å². The van der Waals surface area contributed by atoms with E-state index in [4.69, 9.17) is 0 Å². The number of amides is 2. The average Bonchev–Trinajstić information content (AvgIpc) is 3.02. The van der Waals surface area contributed by atoms with Crippen LogP contribution < -0.4 is 0 Å². The monoisotopic (exact) mass is 451 g/mol. The molecule has 0 saturated carbocycles. The second kappa shape index (κ2) is 8.12. The van der Waals surface area contributed by atoms with Crippen LogP contribution in [0.2, 0.25) is 0 Å². The van der Waals surface area contributed by atoms with Crippen LogP contribution in [-0.4, -0.2) is 31.0 Å². The maximum atomic E-state index is 12.8. The molecule has 11 heteroatoms. The number of phenols is 1. The molecule has 1 aliphatic rings. The van der Waals surface area contributed by atoms with Crippen molar-refractivity contribution in [2.45, 2.75) is 6.54 Å². The fraction of sp³-hybridized carbons (Fsp3) is 0.0476. The van der Waals surface area contributed by atoms with Crippen molar-refractivity contribution in [3.8, 4) is 5.75 Å². The number of phenolic OH excluding ortho intramolecular Hbond substituents is 1. The number of hydrogen-bond donors (Lipinski definition) is 1. The summed E-state index contributed by atoms with van der Waals surface area (Å²) in [5, 5.41) is 33.7. The lowest BCUT2D eigenvalue weighted by atomic mass is 10.1. The van der Waals surface area contributed by atoms with Gasteiger partial charge in [0.2, 0.25) is 5.75 Å². The van der Waals surface area contributed by atoms with Crippen LogP contribution in [0.3, 0.4) is 0 Å². The molecule has 0 spiro atoms. The van der Waals surface area contributed by atoms with Crippen molar-refractivity contribution < 1.29 is 24.5 Å². The van der Waals surface area contributed by atoms with E-state index >= 15 is 0 Å². The summed E-state index contributed by atoms with van der Waals surface area (Å²) in [5.41, 5.74) is -1.08. The van der Waals surface area contributed by atoms with Gasteiger partial charge in [-0.15, -0.1) is 0 Å². The molecule has 1 fully saturated rings. The van der Waals surface area contributed by atoms with Gasteiger partial charge in [-0.3, -0.25) is 34.7 Å². The Balaban J connectivity index is 1.66. The molecule has 1 N–H and O–H groups in total. The van der Waals surface area contributed by atoms with Gasteiger partial charge < -0.3 is 5.11 Å². The van der Waals surface area contributed by atoms with E-state index in [1.54, 1.807) is 6.07 Å². The first-order chi connectivity index (χ1) is 15.2. The third-order valence-corrected chi connectivity index (χ3v) is 5.73. The number of carbonyl (C=O) groups is 2. The van der Waals surface area contributed by atoms with Crippen molar-refractivity contribution in [3.05, 3.63) is 90.9 Å². The molecule has 0 atom stereocenters. The van der Waals surface area contributed by atoms with Crippen molar-refractivity contribution in [1.29, 1.82) is 0 Å². The Morgan fingerprint density at radius 2 is 1.69 bits per heavy atom. The highest BCUT2D eigenvalue weighted by molar-refractivity contribution is 8.18. The third-order valence-electron chi connectivity index (χ3n) is 4.83. The lowest BCUT2D eigenvalue weighted by molar-refractivity contribution is -0.394. The fourth-order valence-corrected chi connectivity index (χ4v) is 4.11. The van der Waals surface area contributed by atoms with Gasteiger partial charge in [-0.1, -0.05) is 36.4 Å². The first-order valence-corrected chi connectivity index (χ1v) is 9.95. The number of imide groups is 1. The van der Waals surface area contributed by atoms with Crippen LogP contribution in [0.15, 0.2) is 59.5 Å². The van der Waals surface area contributed by atoms with Crippen LogP contribution in [0.1, 0.15) is 11.1 Å². The number of hydrogen-bond acceptors (Lipinski definition) is 8. The zero-order chi connectivity index (χ0) is 23.0. The minimum Gasteiger partial charge on any atom is -0.502 e. The maximum absolute atomic E-state index is 12.8. The Morgan fingerprint density at radius 3 is 2.38 bits per heavy atom. The van der Waals surface area contributed by atoms with Gasteiger partial charge in [0.1, 0.15) is 0 Å². The number of thioether (sulfide) groups is 1. The molecule has 1 aliphatic heterocycles. The summed E-state index contributed by atoms with van der Waals surface area (Å²) in [5.74, 6) is -1.50. The molecule has 0 aliphatic carbocycles. The first kappa shape index (κ1) is 21.0. The predicted molar refractivity (Wildman–Crippen MR) is 117 cm³/mol. The van der Waals surface area contributed by atoms with Gasteiger partial charge in [0.05, 0.1) is 27.4 Å². The lowest BCUT2D eigenvalue weighted by Gasteiger charge is -2.13. The van der Waals surface area contributed by atoms with Crippen LogP contribution >= 0.6 is 11.8 Å². The Kier molecular flexibility index (Phi) is 5.33. The van der Waals surface area contributed by atoms with E-state index in [2.05, 4.69) is 0 Å². The third kappa shape index (κ3) is 3.88. The van der Waals surface area contributed by atoms with E-state index in [0.29, 0.717) is 17.8 Å². The average molecular weight is 451 g/mol. The highest BCUT2D eigenvalue weighted by Gasteiger charge is 2.36. The smallest absolute Gasteiger partial charge is 0.318 e. The molecule has 32 heavy (non-hydrogen) atoms. The molecule has 1 heterocycles. The van der Waals surface area contributed by atoms with Gasteiger partial charge in [0.15, 0.2) is 0 Å². The summed E-state index contributed by atoms with van der Waals surface area (Å²) in [6, 6.07) is 14.7. The number of benzene rings is 3.